The van der Waals surface area contributed by atoms with E-state index in [9.17, 15) is 0 Å². The van der Waals surface area contributed by atoms with Crippen LogP contribution in [0.4, 0.5) is 0 Å². The van der Waals surface area contributed by atoms with Crippen molar-refractivity contribution < 1.29 is 0 Å². The molecule has 0 atom stereocenters. The predicted molar refractivity (Wildman–Crippen MR) is 59.2 cm³/mol. The van der Waals surface area contributed by atoms with Gasteiger partial charge in [-0.3, -0.25) is 0 Å². The number of hydrogen-bond acceptors (Lipinski definition) is 1. The van der Waals surface area contributed by atoms with Crippen molar-refractivity contribution in [2.45, 2.75) is 5.88 Å². The number of alkyl halides is 1. The molecule has 74 valence electrons. The number of halogens is 1. The summed E-state index contributed by atoms with van der Waals surface area (Å²) >= 11 is 5.53. The number of aryl methyl sites for hydroxylation is 1. The Balaban J connectivity index is 0.000000146. The summed E-state index contributed by atoms with van der Waals surface area (Å²) in [7, 11) is 1.94. The fourth-order valence-corrected chi connectivity index (χ4v) is 1.07. The van der Waals surface area contributed by atoms with Crippen LogP contribution in [0.25, 0.3) is 0 Å². The standard InChI is InChI=1S/C7H7Cl.C4H6N2/c8-6-7-4-2-1-3-5-7;1-6-3-2-5-4-6/h1-5H,6H2;2-4H,1H3. The molecule has 2 aromatic rings. The van der Waals surface area contributed by atoms with Gasteiger partial charge in [-0.25, -0.2) is 4.98 Å². The maximum absolute atomic E-state index is 5.53. The first-order chi connectivity index (χ1) is 6.83. The summed E-state index contributed by atoms with van der Waals surface area (Å²) in [5.41, 5.74) is 1.18. The van der Waals surface area contributed by atoms with Gasteiger partial charge in [0.1, 0.15) is 0 Å². The van der Waals surface area contributed by atoms with E-state index < -0.39 is 0 Å². The Labute approximate surface area is 89.2 Å². The van der Waals surface area contributed by atoms with Gasteiger partial charge in [-0.05, 0) is 5.56 Å². The van der Waals surface area contributed by atoms with Gasteiger partial charge in [-0.15, -0.1) is 11.6 Å². The molecule has 0 unspecified atom stereocenters. The Morgan fingerprint density at radius 2 is 2.00 bits per heavy atom. The molecule has 0 aliphatic carbocycles. The third-order valence-corrected chi connectivity index (χ3v) is 1.94. The van der Waals surface area contributed by atoms with Crippen molar-refractivity contribution in [3.8, 4) is 0 Å². The smallest absolute Gasteiger partial charge is 0.0943 e. The van der Waals surface area contributed by atoms with E-state index in [1.807, 2.05) is 48.1 Å². The largest absolute Gasteiger partial charge is 0.341 e. The lowest BCUT2D eigenvalue weighted by Crippen LogP contribution is -1.76. The Kier molecular flexibility index (Phi) is 4.79. The fourth-order valence-electron chi connectivity index (χ4n) is 0.893. The van der Waals surface area contributed by atoms with E-state index in [1.165, 1.54) is 5.56 Å². The van der Waals surface area contributed by atoms with Crippen molar-refractivity contribution >= 4 is 11.6 Å². The van der Waals surface area contributed by atoms with Gasteiger partial charge in [0.2, 0.25) is 0 Å². The lowest BCUT2D eigenvalue weighted by atomic mass is 10.2. The molecule has 1 aromatic carbocycles. The second kappa shape index (κ2) is 6.22. The van der Waals surface area contributed by atoms with Crippen LogP contribution in [0.2, 0.25) is 0 Å². The summed E-state index contributed by atoms with van der Waals surface area (Å²) in [6.07, 6.45) is 5.39. The average molecular weight is 209 g/mol. The molecular formula is C11H13ClN2. The number of nitrogens with zero attached hydrogens (tertiary/aromatic N) is 2. The molecule has 1 heterocycles. The fraction of sp³-hybridized carbons (Fsp3) is 0.182. The maximum Gasteiger partial charge on any atom is 0.0943 e. The van der Waals surface area contributed by atoms with E-state index in [0.717, 1.165) is 0 Å². The van der Waals surface area contributed by atoms with E-state index in [0.29, 0.717) is 5.88 Å². The summed E-state index contributed by atoms with van der Waals surface area (Å²) in [6, 6.07) is 9.96. The molecule has 0 aliphatic heterocycles. The molecule has 0 bridgehead atoms. The van der Waals surface area contributed by atoms with Gasteiger partial charge >= 0.3 is 0 Å². The highest BCUT2D eigenvalue weighted by atomic mass is 35.5. The first-order valence-electron chi connectivity index (χ1n) is 4.34. The van der Waals surface area contributed by atoms with Crippen LogP contribution in [0.1, 0.15) is 5.56 Å². The summed E-state index contributed by atoms with van der Waals surface area (Å²) in [5, 5.41) is 0. The molecular weight excluding hydrogens is 196 g/mol. The monoisotopic (exact) mass is 208 g/mol. The van der Waals surface area contributed by atoms with Crippen molar-refractivity contribution in [2.24, 2.45) is 7.05 Å². The molecule has 0 spiro atoms. The lowest BCUT2D eigenvalue weighted by molar-refractivity contribution is 0.913. The third kappa shape index (κ3) is 4.10. The highest BCUT2D eigenvalue weighted by Gasteiger charge is 1.81. The molecule has 1 aromatic heterocycles. The SMILES string of the molecule is ClCc1ccccc1.Cn1ccnc1. The summed E-state index contributed by atoms with van der Waals surface area (Å²) in [6.45, 7) is 0. The highest BCUT2D eigenvalue weighted by molar-refractivity contribution is 6.17. The molecule has 2 rings (SSSR count). The van der Waals surface area contributed by atoms with Gasteiger partial charge in [0.05, 0.1) is 6.33 Å². The predicted octanol–water partition coefficient (Wildman–Crippen LogP) is 2.85. The Morgan fingerprint density at radius 3 is 2.29 bits per heavy atom. The van der Waals surface area contributed by atoms with Crippen LogP contribution in [0.5, 0.6) is 0 Å². The Bertz CT molecular complexity index is 329. The van der Waals surface area contributed by atoms with Crippen LogP contribution in [0.3, 0.4) is 0 Å². The normalized spacial score (nSPS) is 9.00. The zero-order valence-electron chi connectivity index (χ0n) is 8.10. The number of aromatic nitrogens is 2. The molecule has 2 nitrogen and oxygen atoms in total. The van der Waals surface area contributed by atoms with Crippen molar-refractivity contribution in [1.29, 1.82) is 0 Å². The van der Waals surface area contributed by atoms with Crippen LogP contribution < -0.4 is 0 Å². The molecule has 0 saturated carbocycles. The van der Waals surface area contributed by atoms with E-state index >= 15 is 0 Å². The van der Waals surface area contributed by atoms with Gasteiger partial charge in [-0.2, -0.15) is 0 Å². The van der Waals surface area contributed by atoms with Crippen molar-refractivity contribution in [3.63, 3.8) is 0 Å². The molecule has 0 fully saturated rings. The first-order valence-corrected chi connectivity index (χ1v) is 4.88. The van der Waals surface area contributed by atoms with Gasteiger partial charge < -0.3 is 4.57 Å². The van der Waals surface area contributed by atoms with Crippen LogP contribution in [-0.4, -0.2) is 9.55 Å². The second-order valence-corrected chi connectivity index (χ2v) is 3.11. The minimum Gasteiger partial charge on any atom is -0.341 e. The van der Waals surface area contributed by atoms with E-state index in [1.54, 1.807) is 12.5 Å². The van der Waals surface area contributed by atoms with Gasteiger partial charge in [0.15, 0.2) is 0 Å². The van der Waals surface area contributed by atoms with Gasteiger partial charge in [0.25, 0.3) is 0 Å². The van der Waals surface area contributed by atoms with E-state index in [2.05, 4.69) is 4.98 Å². The number of benzene rings is 1. The minimum atomic E-state index is 0.612. The molecule has 0 radical (unpaired) electrons. The molecule has 0 amide bonds. The van der Waals surface area contributed by atoms with Gasteiger partial charge in [-0.1, -0.05) is 30.3 Å². The van der Waals surface area contributed by atoms with Crippen LogP contribution in [0.15, 0.2) is 49.1 Å². The molecule has 3 heteroatoms. The third-order valence-electron chi connectivity index (χ3n) is 1.63. The Hall–Kier alpha value is -1.28. The zero-order valence-corrected chi connectivity index (χ0v) is 8.85. The summed E-state index contributed by atoms with van der Waals surface area (Å²) in [4.78, 5) is 3.78. The summed E-state index contributed by atoms with van der Waals surface area (Å²) in [5.74, 6) is 0.612. The van der Waals surface area contributed by atoms with E-state index in [4.69, 9.17) is 11.6 Å². The highest BCUT2D eigenvalue weighted by Crippen LogP contribution is 2.00. The van der Waals surface area contributed by atoms with Crippen LogP contribution in [0, 0.1) is 0 Å². The number of hydrogen-bond donors (Lipinski definition) is 0. The summed E-state index contributed by atoms with van der Waals surface area (Å²) < 4.78 is 1.89. The molecule has 0 aliphatic rings. The zero-order chi connectivity index (χ0) is 10.2. The van der Waals surface area contributed by atoms with Crippen molar-refractivity contribution in [3.05, 3.63) is 54.6 Å². The molecule has 0 N–H and O–H groups in total. The quantitative estimate of drug-likeness (QED) is 0.659. The van der Waals surface area contributed by atoms with Crippen molar-refractivity contribution in [2.75, 3.05) is 0 Å². The van der Waals surface area contributed by atoms with Crippen molar-refractivity contribution in [1.82, 2.24) is 9.55 Å². The number of rotatable bonds is 1. The lowest BCUT2D eigenvalue weighted by Gasteiger charge is -1.88. The average Bonchev–Trinajstić information content (AvgIpc) is 2.71. The van der Waals surface area contributed by atoms with E-state index in [-0.39, 0.29) is 0 Å². The maximum atomic E-state index is 5.53. The number of imidazole rings is 1. The first kappa shape index (κ1) is 10.8. The Morgan fingerprint density at radius 1 is 1.29 bits per heavy atom. The topological polar surface area (TPSA) is 17.8 Å². The van der Waals surface area contributed by atoms with Crippen LogP contribution in [-0.2, 0) is 12.9 Å². The second-order valence-electron chi connectivity index (χ2n) is 2.85. The molecule has 0 saturated heterocycles. The van der Waals surface area contributed by atoms with Gasteiger partial charge in [0, 0.05) is 25.3 Å². The minimum absolute atomic E-state index is 0.612. The van der Waals surface area contributed by atoms with Crippen LogP contribution >= 0.6 is 11.6 Å². The molecule has 14 heavy (non-hydrogen) atoms.